The molecule has 2 heterocycles. The van der Waals surface area contributed by atoms with Gasteiger partial charge in [-0.15, -0.1) is 0 Å². The van der Waals surface area contributed by atoms with Crippen LogP contribution in [0.15, 0.2) is 40.4 Å². The fourth-order valence-corrected chi connectivity index (χ4v) is 2.09. The zero-order valence-corrected chi connectivity index (χ0v) is 10.8. The van der Waals surface area contributed by atoms with Crippen LogP contribution in [0.2, 0.25) is 0 Å². The Balaban J connectivity index is 1.98. The van der Waals surface area contributed by atoms with Crippen LogP contribution >= 0.6 is 15.9 Å². The van der Waals surface area contributed by atoms with Crippen LogP contribution in [-0.4, -0.2) is 14.1 Å². The molecule has 0 unspecified atom stereocenters. The molecule has 0 aliphatic carbocycles. The van der Waals surface area contributed by atoms with Crippen LogP contribution in [0, 0.1) is 0 Å². The second-order valence-electron chi connectivity index (χ2n) is 3.78. The lowest BCUT2D eigenvalue weighted by Crippen LogP contribution is -2.13. The third-order valence-corrected chi connectivity index (χ3v) is 3.02. The zero-order chi connectivity index (χ0) is 12.3. The van der Waals surface area contributed by atoms with Crippen LogP contribution in [0.5, 0.6) is 0 Å². The first-order valence-corrected chi connectivity index (χ1v) is 6.07. The Morgan fingerprint density at radius 1 is 1.29 bits per heavy atom. The van der Waals surface area contributed by atoms with Crippen molar-refractivity contribution in [2.45, 2.75) is 19.5 Å². The molecule has 0 aliphatic heterocycles. The third kappa shape index (κ3) is 2.97. The average molecular weight is 297 g/mol. The van der Waals surface area contributed by atoms with Gasteiger partial charge in [0.15, 0.2) is 0 Å². The predicted molar refractivity (Wildman–Crippen MR) is 69.7 cm³/mol. The summed E-state index contributed by atoms with van der Waals surface area (Å²) in [5.41, 5.74) is 5.72. The van der Waals surface area contributed by atoms with Crippen molar-refractivity contribution in [2.24, 2.45) is 0 Å². The Kier molecular flexibility index (Phi) is 3.63. The molecule has 2 aromatic heterocycles. The number of halogens is 1. The summed E-state index contributed by atoms with van der Waals surface area (Å²) < 4.78 is 4.43. The highest BCUT2D eigenvalue weighted by Gasteiger charge is 2.01. The molecule has 0 saturated carbocycles. The molecular weight excluding hydrogens is 284 g/mol. The minimum Gasteiger partial charge on any atom is -0.394 e. The number of nitrogens with zero attached hydrogens (tertiary/aromatic N) is 3. The van der Waals surface area contributed by atoms with E-state index in [1.54, 1.807) is 24.9 Å². The minimum absolute atomic E-state index is 0.157. The van der Waals surface area contributed by atoms with E-state index in [4.69, 9.17) is 5.73 Å². The fraction of sp³-hybridized carbons (Fsp3) is 0.273. The number of pyridine rings is 1. The van der Waals surface area contributed by atoms with Gasteiger partial charge in [-0.3, -0.25) is 4.79 Å². The third-order valence-electron chi connectivity index (χ3n) is 2.45. The van der Waals surface area contributed by atoms with Gasteiger partial charge in [-0.1, -0.05) is 0 Å². The van der Waals surface area contributed by atoms with Crippen LogP contribution in [0.1, 0.15) is 6.42 Å². The molecule has 0 fully saturated rings. The van der Waals surface area contributed by atoms with Gasteiger partial charge in [-0.25, -0.2) is 4.98 Å². The van der Waals surface area contributed by atoms with E-state index in [0.29, 0.717) is 4.47 Å². The molecule has 2 N–H and O–H groups in total. The van der Waals surface area contributed by atoms with E-state index in [-0.39, 0.29) is 11.1 Å². The number of hydrogen-bond acceptors (Lipinski definition) is 3. The molecule has 0 bridgehead atoms. The van der Waals surface area contributed by atoms with Crippen molar-refractivity contribution in [1.82, 2.24) is 14.1 Å². The Bertz CT molecular complexity index is 521. The van der Waals surface area contributed by atoms with Gasteiger partial charge >= 0.3 is 0 Å². The van der Waals surface area contributed by atoms with E-state index in [9.17, 15) is 4.79 Å². The fourth-order valence-electron chi connectivity index (χ4n) is 1.60. The van der Waals surface area contributed by atoms with Crippen molar-refractivity contribution in [3.63, 3.8) is 0 Å². The summed E-state index contributed by atoms with van der Waals surface area (Å²) in [7, 11) is 0. The molecule has 6 heteroatoms. The summed E-state index contributed by atoms with van der Waals surface area (Å²) in [5.74, 6) is 0. The van der Waals surface area contributed by atoms with E-state index in [1.807, 2.05) is 15.3 Å². The molecule has 17 heavy (non-hydrogen) atoms. The average Bonchev–Trinajstić information content (AvgIpc) is 2.79. The highest BCUT2D eigenvalue weighted by Crippen LogP contribution is 2.07. The van der Waals surface area contributed by atoms with E-state index < -0.39 is 0 Å². The van der Waals surface area contributed by atoms with Gasteiger partial charge < -0.3 is 14.9 Å². The Labute approximate surface area is 107 Å². The summed E-state index contributed by atoms with van der Waals surface area (Å²) in [6.45, 7) is 1.70. The predicted octanol–water partition coefficient (Wildman–Crippen LogP) is 1.48. The van der Waals surface area contributed by atoms with Crippen LogP contribution in [0.3, 0.4) is 0 Å². The summed E-state index contributed by atoms with van der Waals surface area (Å²) in [4.78, 5) is 15.4. The molecule has 0 spiro atoms. The lowest BCUT2D eigenvalue weighted by atomic mass is 10.3. The maximum Gasteiger partial charge on any atom is 0.218 e. The van der Waals surface area contributed by atoms with Crippen molar-refractivity contribution < 1.29 is 0 Å². The molecular formula is C11H13BrN4O. The molecule has 2 rings (SSSR count). The van der Waals surface area contributed by atoms with Gasteiger partial charge in [0.1, 0.15) is 0 Å². The van der Waals surface area contributed by atoms with Crippen LogP contribution in [0.25, 0.3) is 0 Å². The largest absolute Gasteiger partial charge is 0.394 e. The highest BCUT2D eigenvalue weighted by molar-refractivity contribution is 9.10. The molecule has 2 aromatic rings. The highest BCUT2D eigenvalue weighted by atomic mass is 79.9. The molecule has 0 aliphatic rings. The first-order chi connectivity index (χ1) is 8.16. The van der Waals surface area contributed by atoms with E-state index in [0.717, 1.165) is 19.5 Å². The maximum absolute atomic E-state index is 11.4. The van der Waals surface area contributed by atoms with Crippen molar-refractivity contribution >= 4 is 21.6 Å². The van der Waals surface area contributed by atoms with Crippen molar-refractivity contribution in [1.29, 1.82) is 0 Å². The lowest BCUT2D eigenvalue weighted by molar-refractivity contribution is 0.561. The number of aromatic nitrogens is 3. The van der Waals surface area contributed by atoms with Crippen molar-refractivity contribution in [3.05, 3.63) is 45.8 Å². The Morgan fingerprint density at radius 3 is 2.71 bits per heavy atom. The quantitative estimate of drug-likeness (QED) is 0.929. The van der Waals surface area contributed by atoms with Crippen molar-refractivity contribution in [3.8, 4) is 0 Å². The van der Waals surface area contributed by atoms with Crippen molar-refractivity contribution in [2.75, 3.05) is 5.73 Å². The second-order valence-corrected chi connectivity index (χ2v) is 4.64. The van der Waals surface area contributed by atoms with Gasteiger partial charge in [-0.2, -0.15) is 0 Å². The SMILES string of the molecule is Nc1cn(CCCn2ccnc2)cc(Br)c1=O. The number of nitrogens with two attached hydrogens (primary N) is 1. The van der Waals surface area contributed by atoms with E-state index >= 15 is 0 Å². The van der Waals surface area contributed by atoms with Crippen LogP contribution in [-0.2, 0) is 13.1 Å². The maximum atomic E-state index is 11.4. The molecule has 0 atom stereocenters. The van der Waals surface area contributed by atoms with Crippen LogP contribution in [0.4, 0.5) is 5.69 Å². The molecule has 0 radical (unpaired) electrons. The first-order valence-electron chi connectivity index (χ1n) is 5.27. The number of hydrogen-bond donors (Lipinski definition) is 1. The van der Waals surface area contributed by atoms with Gasteiger partial charge in [0.2, 0.25) is 5.43 Å². The lowest BCUT2D eigenvalue weighted by Gasteiger charge is -2.08. The Hall–Kier alpha value is -1.56. The molecule has 0 amide bonds. The monoisotopic (exact) mass is 296 g/mol. The summed E-state index contributed by atoms with van der Waals surface area (Å²) in [5, 5.41) is 0. The Morgan fingerprint density at radius 2 is 2.06 bits per heavy atom. The summed E-state index contributed by atoms with van der Waals surface area (Å²) in [6.07, 6.45) is 9.85. The number of imidazole rings is 1. The summed E-state index contributed by atoms with van der Waals surface area (Å²) >= 11 is 3.20. The molecule has 0 saturated heterocycles. The number of anilines is 1. The van der Waals surface area contributed by atoms with Crippen LogP contribution < -0.4 is 11.2 Å². The topological polar surface area (TPSA) is 65.8 Å². The molecule has 5 nitrogen and oxygen atoms in total. The smallest absolute Gasteiger partial charge is 0.218 e. The van der Waals surface area contributed by atoms with Gasteiger partial charge in [-0.05, 0) is 22.4 Å². The first kappa shape index (κ1) is 11.9. The second kappa shape index (κ2) is 5.18. The van der Waals surface area contributed by atoms with Gasteiger partial charge in [0, 0.05) is 37.9 Å². The van der Waals surface area contributed by atoms with Gasteiger partial charge in [0.05, 0.1) is 16.5 Å². The molecule has 90 valence electrons. The van der Waals surface area contributed by atoms with E-state index in [2.05, 4.69) is 20.9 Å². The van der Waals surface area contributed by atoms with Gasteiger partial charge in [0.25, 0.3) is 0 Å². The number of nitrogen functional groups attached to an aromatic ring is 1. The van der Waals surface area contributed by atoms with E-state index in [1.165, 1.54) is 0 Å². The minimum atomic E-state index is -0.157. The molecule has 0 aromatic carbocycles. The standard InChI is InChI=1S/C11H13BrN4O/c12-9-6-16(7-10(13)11(9)17)4-1-3-15-5-2-14-8-15/h2,5-8H,1,3-4,13H2. The number of aryl methyl sites for hydroxylation is 2. The normalized spacial score (nSPS) is 10.6. The number of rotatable bonds is 4. The summed E-state index contributed by atoms with van der Waals surface area (Å²) in [6, 6.07) is 0. The zero-order valence-electron chi connectivity index (χ0n) is 9.21.